The lowest BCUT2D eigenvalue weighted by molar-refractivity contribution is 0.0968. The standard InChI is InChI=1S/C13H26N2O/c1-2-8-15(7-1)9-11-16-10-5-13-4-3-6-14-12-13/h13-14H,1-12H2. The molecular weight excluding hydrogens is 200 g/mol. The van der Waals surface area contributed by atoms with Crippen molar-refractivity contribution in [2.45, 2.75) is 32.1 Å². The number of piperidine rings is 1. The molecule has 3 nitrogen and oxygen atoms in total. The van der Waals surface area contributed by atoms with Crippen LogP contribution in [0.2, 0.25) is 0 Å². The van der Waals surface area contributed by atoms with Crippen LogP contribution >= 0.6 is 0 Å². The van der Waals surface area contributed by atoms with Crippen LogP contribution in [0.3, 0.4) is 0 Å². The summed E-state index contributed by atoms with van der Waals surface area (Å²) >= 11 is 0. The first-order valence-corrected chi connectivity index (χ1v) is 6.96. The Labute approximate surface area is 99.5 Å². The summed E-state index contributed by atoms with van der Waals surface area (Å²) in [5, 5.41) is 3.46. The van der Waals surface area contributed by atoms with E-state index in [4.69, 9.17) is 4.74 Å². The maximum atomic E-state index is 5.73. The van der Waals surface area contributed by atoms with Crippen LogP contribution in [-0.4, -0.2) is 50.8 Å². The summed E-state index contributed by atoms with van der Waals surface area (Å²) in [5.74, 6) is 0.862. The lowest BCUT2D eigenvalue weighted by Gasteiger charge is -2.22. The minimum absolute atomic E-state index is 0.862. The topological polar surface area (TPSA) is 24.5 Å². The summed E-state index contributed by atoms with van der Waals surface area (Å²) in [4.78, 5) is 2.52. The second-order valence-corrected chi connectivity index (χ2v) is 5.16. The second-order valence-electron chi connectivity index (χ2n) is 5.16. The third-order valence-corrected chi connectivity index (χ3v) is 3.82. The molecular formula is C13H26N2O. The average molecular weight is 226 g/mol. The van der Waals surface area contributed by atoms with E-state index < -0.39 is 0 Å². The molecule has 0 saturated carbocycles. The van der Waals surface area contributed by atoms with Crippen LogP contribution in [0.25, 0.3) is 0 Å². The van der Waals surface area contributed by atoms with Crippen molar-refractivity contribution in [1.82, 2.24) is 10.2 Å². The average Bonchev–Trinajstić information content (AvgIpc) is 2.83. The van der Waals surface area contributed by atoms with Crippen LogP contribution in [-0.2, 0) is 4.74 Å². The van der Waals surface area contributed by atoms with Crippen molar-refractivity contribution < 1.29 is 4.74 Å². The van der Waals surface area contributed by atoms with Crippen molar-refractivity contribution in [3.8, 4) is 0 Å². The zero-order valence-corrected chi connectivity index (χ0v) is 10.4. The first kappa shape index (κ1) is 12.3. The maximum Gasteiger partial charge on any atom is 0.0593 e. The Morgan fingerprint density at radius 1 is 1.12 bits per heavy atom. The molecule has 0 aromatic rings. The summed E-state index contributed by atoms with van der Waals surface area (Å²) in [5.41, 5.74) is 0. The quantitative estimate of drug-likeness (QED) is 0.695. The van der Waals surface area contributed by atoms with Gasteiger partial charge < -0.3 is 15.0 Å². The van der Waals surface area contributed by atoms with E-state index in [1.165, 1.54) is 58.3 Å². The normalized spacial score (nSPS) is 27.4. The van der Waals surface area contributed by atoms with Crippen molar-refractivity contribution in [3.63, 3.8) is 0 Å². The molecule has 0 bridgehead atoms. The minimum Gasteiger partial charge on any atom is -0.380 e. The van der Waals surface area contributed by atoms with Gasteiger partial charge in [0.05, 0.1) is 6.61 Å². The Bertz CT molecular complexity index is 175. The zero-order valence-electron chi connectivity index (χ0n) is 10.4. The van der Waals surface area contributed by atoms with Crippen LogP contribution in [0.5, 0.6) is 0 Å². The number of hydrogen-bond donors (Lipinski definition) is 1. The third kappa shape index (κ3) is 4.40. The predicted octanol–water partition coefficient (Wildman–Crippen LogP) is 1.49. The summed E-state index contributed by atoms with van der Waals surface area (Å²) < 4.78 is 5.73. The van der Waals surface area contributed by atoms with E-state index in [1.54, 1.807) is 0 Å². The van der Waals surface area contributed by atoms with Crippen LogP contribution in [0.1, 0.15) is 32.1 Å². The fraction of sp³-hybridized carbons (Fsp3) is 1.00. The molecule has 0 aliphatic carbocycles. The second kappa shape index (κ2) is 7.25. The monoisotopic (exact) mass is 226 g/mol. The molecule has 94 valence electrons. The van der Waals surface area contributed by atoms with Gasteiger partial charge in [0.15, 0.2) is 0 Å². The van der Waals surface area contributed by atoms with E-state index in [9.17, 15) is 0 Å². The number of likely N-dealkylation sites (tertiary alicyclic amines) is 1. The van der Waals surface area contributed by atoms with Gasteiger partial charge in [0, 0.05) is 13.2 Å². The van der Waals surface area contributed by atoms with Crippen LogP contribution in [0, 0.1) is 5.92 Å². The molecule has 1 atom stereocenters. The predicted molar refractivity (Wildman–Crippen MR) is 66.7 cm³/mol. The highest BCUT2D eigenvalue weighted by atomic mass is 16.5. The van der Waals surface area contributed by atoms with Crippen LogP contribution < -0.4 is 5.32 Å². The van der Waals surface area contributed by atoms with Crippen LogP contribution in [0.15, 0.2) is 0 Å². The molecule has 2 rings (SSSR count). The number of hydrogen-bond acceptors (Lipinski definition) is 3. The first-order valence-electron chi connectivity index (χ1n) is 6.96. The van der Waals surface area contributed by atoms with E-state index in [-0.39, 0.29) is 0 Å². The van der Waals surface area contributed by atoms with Crippen molar-refractivity contribution in [3.05, 3.63) is 0 Å². The summed E-state index contributed by atoms with van der Waals surface area (Å²) in [7, 11) is 0. The van der Waals surface area contributed by atoms with Gasteiger partial charge in [-0.05, 0) is 64.2 Å². The highest BCUT2D eigenvalue weighted by molar-refractivity contribution is 4.69. The van der Waals surface area contributed by atoms with Crippen molar-refractivity contribution in [2.75, 3.05) is 45.9 Å². The van der Waals surface area contributed by atoms with Crippen LogP contribution in [0.4, 0.5) is 0 Å². The lowest BCUT2D eigenvalue weighted by Crippen LogP contribution is -2.30. The zero-order chi connectivity index (χ0) is 11.1. The van der Waals surface area contributed by atoms with Gasteiger partial charge in [-0.3, -0.25) is 0 Å². The number of rotatable bonds is 6. The van der Waals surface area contributed by atoms with Crippen molar-refractivity contribution >= 4 is 0 Å². The van der Waals surface area contributed by atoms with E-state index in [2.05, 4.69) is 10.2 Å². The number of nitrogens with one attached hydrogen (secondary N) is 1. The summed E-state index contributed by atoms with van der Waals surface area (Å²) in [6, 6.07) is 0. The van der Waals surface area contributed by atoms with Gasteiger partial charge >= 0.3 is 0 Å². The van der Waals surface area contributed by atoms with Crippen molar-refractivity contribution in [2.24, 2.45) is 5.92 Å². The van der Waals surface area contributed by atoms with E-state index in [0.717, 1.165) is 25.7 Å². The molecule has 2 aliphatic rings. The van der Waals surface area contributed by atoms with Gasteiger partial charge in [-0.15, -0.1) is 0 Å². The van der Waals surface area contributed by atoms with Gasteiger partial charge in [0.1, 0.15) is 0 Å². The largest absolute Gasteiger partial charge is 0.380 e. The highest BCUT2D eigenvalue weighted by Crippen LogP contribution is 2.13. The lowest BCUT2D eigenvalue weighted by atomic mass is 9.97. The Hall–Kier alpha value is -0.120. The Balaban J connectivity index is 1.42. The van der Waals surface area contributed by atoms with E-state index in [0.29, 0.717) is 0 Å². The summed E-state index contributed by atoms with van der Waals surface area (Å²) in [6.45, 7) is 8.02. The molecule has 0 aromatic carbocycles. The molecule has 0 amide bonds. The molecule has 0 spiro atoms. The smallest absolute Gasteiger partial charge is 0.0593 e. The molecule has 2 aliphatic heterocycles. The molecule has 3 heteroatoms. The fourth-order valence-corrected chi connectivity index (χ4v) is 2.72. The van der Waals surface area contributed by atoms with Crippen molar-refractivity contribution in [1.29, 1.82) is 0 Å². The van der Waals surface area contributed by atoms with E-state index in [1.807, 2.05) is 0 Å². The Kier molecular flexibility index (Phi) is 5.59. The van der Waals surface area contributed by atoms with Gasteiger partial charge in [0.2, 0.25) is 0 Å². The molecule has 1 N–H and O–H groups in total. The Morgan fingerprint density at radius 3 is 2.75 bits per heavy atom. The molecule has 0 radical (unpaired) electrons. The van der Waals surface area contributed by atoms with Gasteiger partial charge in [-0.1, -0.05) is 0 Å². The third-order valence-electron chi connectivity index (χ3n) is 3.82. The van der Waals surface area contributed by atoms with Gasteiger partial charge in [0.25, 0.3) is 0 Å². The SMILES string of the molecule is C1CNCC(CCOCCN2CCCC2)C1. The molecule has 0 aromatic heterocycles. The van der Waals surface area contributed by atoms with Gasteiger partial charge in [-0.25, -0.2) is 0 Å². The maximum absolute atomic E-state index is 5.73. The highest BCUT2D eigenvalue weighted by Gasteiger charge is 2.13. The Morgan fingerprint density at radius 2 is 2.00 bits per heavy atom. The molecule has 16 heavy (non-hydrogen) atoms. The van der Waals surface area contributed by atoms with Gasteiger partial charge in [-0.2, -0.15) is 0 Å². The molecule has 2 heterocycles. The molecule has 2 saturated heterocycles. The number of nitrogens with zero attached hydrogens (tertiary/aromatic N) is 1. The fourth-order valence-electron chi connectivity index (χ4n) is 2.72. The summed E-state index contributed by atoms with van der Waals surface area (Å²) in [6.07, 6.45) is 6.75. The number of ether oxygens (including phenoxy) is 1. The first-order chi connectivity index (χ1) is 7.95. The molecule has 2 fully saturated rings. The van der Waals surface area contributed by atoms with E-state index >= 15 is 0 Å². The minimum atomic E-state index is 0.862. The molecule has 1 unspecified atom stereocenters.